The summed E-state index contributed by atoms with van der Waals surface area (Å²) in [4.78, 5) is 4.35. The fraction of sp³-hybridized carbons (Fsp3) is 0.941. The minimum atomic E-state index is 0.453. The van der Waals surface area contributed by atoms with Crippen LogP contribution in [0, 0.1) is 11.3 Å². The Morgan fingerprint density at radius 2 is 2.10 bits per heavy atom. The van der Waals surface area contributed by atoms with Gasteiger partial charge in [-0.1, -0.05) is 20.3 Å². The third-order valence-electron chi connectivity index (χ3n) is 4.89. The van der Waals surface area contributed by atoms with Crippen molar-refractivity contribution in [2.75, 3.05) is 26.7 Å². The Kier molecular flexibility index (Phi) is 6.34. The van der Waals surface area contributed by atoms with Crippen LogP contribution in [0.5, 0.6) is 0 Å². The number of nitrogens with zero attached hydrogens (tertiary/aromatic N) is 1. The summed E-state index contributed by atoms with van der Waals surface area (Å²) in [5.74, 6) is 1.73. The van der Waals surface area contributed by atoms with E-state index in [2.05, 4.69) is 29.5 Å². The summed E-state index contributed by atoms with van der Waals surface area (Å²) in [5.41, 5.74) is 0.514. The zero-order valence-corrected chi connectivity index (χ0v) is 14.1. The van der Waals surface area contributed by atoms with Crippen molar-refractivity contribution in [3.63, 3.8) is 0 Å². The minimum absolute atomic E-state index is 0.453. The Bertz CT molecular complexity index is 331. The molecule has 0 aromatic rings. The van der Waals surface area contributed by atoms with Crippen LogP contribution in [0.1, 0.15) is 58.8 Å². The van der Waals surface area contributed by atoms with Crippen LogP contribution < -0.4 is 10.6 Å². The quantitative estimate of drug-likeness (QED) is 0.561. The Morgan fingerprint density at radius 3 is 2.62 bits per heavy atom. The van der Waals surface area contributed by atoms with Gasteiger partial charge < -0.3 is 15.4 Å². The fourth-order valence-corrected chi connectivity index (χ4v) is 3.71. The number of guanidine groups is 1. The molecule has 2 N–H and O–H groups in total. The number of aliphatic imine (C=N–C) groups is 1. The van der Waals surface area contributed by atoms with Gasteiger partial charge in [0.05, 0.1) is 6.10 Å². The van der Waals surface area contributed by atoms with Gasteiger partial charge in [-0.25, -0.2) is 0 Å². The smallest absolute Gasteiger partial charge is 0.190 e. The maximum atomic E-state index is 5.65. The maximum Gasteiger partial charge on any atom is 0.190 e. The largest absolute Gasteiger partial charge is 0.378 e. The standard InChI is InChI=1S/C17H33N3O/c1-14(2)12-17(8-5-9-17)13-20-16(18-3)19-10-7-15-6-4-11-21-15/h14-15H,4-13H2,1-3H3,(H2,18,19,20). The van der Waals surface area contributed by atoms with Crippen molar-refractivity contribution in [3.05, 3.63) is 0 Å². The molecule has 2 rings (SSSR count). The van der Waals surface area contributed by atoms with Gasteiger partial charge in [0.2, 0.25) is 0 Å². The first kappa shape index (κ1) is 16.6. The third kappa shape index (κ3) is 5.17. The molecule has 2 fully saturated rings. The van der Waals surface area contributed by atoms with Crippen LogP contribution in [0.4, 0.5) is 0 Å². The summed E-state index contributed by atoms with van der Waals surface area (Å²) in [6, 6.07) is 0. The van der Waals surface area contributed by atoms with Gasteiger partial charge in [-0.05, 0) is 49.9 Å². The number of rotatable bonds is 7. The first-order chi connectivity index (χ1) is 10.1. The topological polar surface area (TPSA) is 45.7 Å². The molecule has 0 bridgehead atoms. The first-order valence-electron chi connectivity index (χ1n) is 8.70. The Hall–Kier alpha value is -0.770. The molecule has 0 aromatic heterocycles. The van der Waals surface area contributed by atoms with Gasteiger partial charge in [-0.2, -0.15) is 0 Å². The van der Waals surface area contributed by atoms with Gasteiger partial charge in [0.15, 0.2) is 5.96 Å². The molecule has 1 heterocycles. The maximum absolute atomic E-state index is 5.65. The van der Waals surface area contributed by atoms with E-state index < -0.39 is 0 Å². The van der Waals surface area contributed by atoms with Gasteiger partial charge in [0.1, 0.15) is 0 Å². The van der Waals surface area contributed by atoms with Gasteiger partial charge in [0, 0.05) is 26.7 Å². The summed E-state index contributed by atoms with van der Waals surface area (Å²) in [7, 11) is 1.86. The lowest BCUT2D eigenvalue weighted by Crippen LogP contribution is -2.47. The number of hydrogen-bond donors (Lipinski definition) is 2. The number of nitrogens with one attached hydrogen (secondary N) is 2. The normalized spacial score (nSPS) is 25.0. The van der Waals surface area contributed by atoms with Crippen LogP contribution in [0.25, 0.3) is 0 Å². The molecule has 4 heteroatoms. The molecule has 1 saturated carbocycles. The highest BCUT2D eigenvalue weighted by atomic mass is 16.5. The van der Waals surface area contributed by atoms with E-state index in [1.54, 1.807) is 0 Å². The van der Waals surface area contributed by atoms with E-state index >= 15 is 0 Å². The van der Waals surface area contributed by atoms with E-state index in [1.165, 1.54) is 38.5 Å². The van der Waals surface area contributed by atoms with Crippen molar-refractivity contribution in [1.29, 1.82) is 0 Å². The number of ether oxygens (including phenoxy) is 1. The average Bonchev–Trinajstić information content (AvgIpc) is 2.92. The summed E-state index contributed by atoms with van der Waals surface area (Å²) < 4.78 is 5.65. The molecule has 122 valence electrons. The summed E-state index contributed by atoms with van der Waals surface area (Å²) >= 11 is 0. The van der Waals surface area contributed by atoms with Crippen molar-refractivity contribution >= 4 is 5.96 Å². The summed E-state index contributed by atoms with van der Waals surface area (Å²) in [6.07, 6.45) is 9.41. The molecule has 1 aliphatic heterocycles. The van der Waals surface area contributed by atoms with E-state index in [0.717, 1.165) is 38.0 Å². The van der Waals surface area contributed by atoms with Crippen LogP contribution in [0.15, 0.2) is 4.99 Å². The van der Waals surface area contributed by atoms with Crippen LogP contribution in [0.2, 0.25) is 0 Å². The van der Waals surface area contributed by atoms with Gasteiger partial charge >= 0.3 is 0 Å². The first-order valence-corrected chi connectivity index (χ1v) is 8.70. The lowest BCUT2D eigenvalue weighted by atomic mass is 9.64. The molecule has 0 radical (unpaired) electrons. The van der Waals surface area contributed by atoms with E-state index in [1.807, 2.05) is 7.05 Å². The van der Waals surface area contributed by atoms with Crippen LogP contribution >= 0.6 is 0 Å². The predicted molar refractivity (Wildman–Crippen MR) is 88.7 cm³/mol. The monoisotopic (exact) mass is 295 g/mol. The lowest BCUT2D eigenvalue weighted by molar-refractivity contribution is 0.103. The summed E-state index contributed by atoms with van der Waals surface area (Å²) in [6.45, 7) is 7.60. The van der Waals surface area contributed by atoms with E-state index in [4.69, 9.17) is 4.74 Å². The molecule has 2 aliphatic rings. The van der Waals surface area contributed by atoms with Crippen molar-refractivity contribution in [3.8, 4) is 0 Å². The van der Waals surface area contributed by atoms with Crippen molar-refractivity contribution in [2.24, 2.45) is 16.3 Å². The molecule has 4 nitrogen and oxygen atoms in total. The fourth-order valence-electron chi connectivity index (χ4n) is 3.71. The Balaban J connectivity index is 1.67. The van der Waals surface area contributed by atoms with E-state index in [9.17, 15) is 0 Å². The molecule has 1 aliphatic carbocycles. The van der Waals surface area contributed by atoms with Gasteiger partial charge in [-0.3, -0.25) is 4.99 Å². The number of hydrogen-bond acceptors (Lipinski definition) is 2. The molecular weight excluding hydrogens is 262 g/mol. The molecule has 21 heavy (non-hydrogen) atoms. The van der Waals surface area contributed by atoms with E-state index in [-0.39, 0.29) is 0 Å². The zero-order chi connectivity index (χ0) is 15.1. The second-order valence-corrected chi connectivity index (χ2v) is 7.23. The van der Waals surface area contributed by atoms with Crippen LogP contribution in [-0.4, -0.2) is 38.8 Å². The third-order valence-corrected chi connectivity index (χ3v) is 4.89. The highest BCUT2D eigenvalue weighted by Crippen LogP contribution is 2.45. The molecule has 0 aromatic carbocycles. The Labute approximate surface area is 130 Å². The van der Waals surface area contributed by atoms with Crippen LogP contribution in [-0.2, 0) is 4.74 Å². The summed E-state index contributed by atoms with van der Waals surface area (Å²) in [5, 5.41) is 6.97. The van der Waals surface area contributed by atoms with Crippen LogP contribution in [0.3, 0.4) is 0 Å². The van der Waals surface area contributed by atoms with Gasteiger partial charge in [0.25, 0.3) is 0 Å². The SMILES string of the molecule is CN=C(NCCC1CCCO1)NCC1(CC(C)C)CCC1. The highest BCUT2D eigenvalue weighted by molar-refractivity contribution is 5.79. The zero-order valence-electron chi connectivity index (χ0n) is 14.1. The van der Waals surface area contributed by atoms with E-state index in [0.29, 0.717) is 11.5 Å². The highest BCUT2D eigenvalue weighted by Gasteiger charge is 2.37. The predicted octanol–water partition coefficient (Wildman–Crippen LogP) is 2.94. The molecule has 1 saturated heterocycles. The molecular formula is C17H33N3O. The van der Waals surface area contributed by atoms with Crippen molar-refractivity contribution < 1.29 is 4.74 Å². The molecule has 1 atom stereocenters. The molecule has 0 spiro atoms. The molecule has 1 unspecified atom stereocenters. The Morgan fingerprint density at radius 1 is 1.29 bits per heavy atom. The average molecular weight is 295 g/mol. The van der Waals surface area contributed by atoms with Crippen molar-refractivity contribution in [2.45, 2.75) is 64.9 Å². The minimum Gasteiger partial charge on any atom is -0.378 e. The second-order valence-electron chi connectivity index (χ2n) is 7.23. The molecule has 0 amide bonds. The van der Waals surface area contributed by atoms with Crippen molar-refractivity contribution in [1.82, 2.24) is 10.6 Å². The lowest BCUT2D eigenvalue weighted by Gasteiger charge is -2.43. The second kappa shape index (κ2) is 8.02. The van der Waals surface area contributed by atoms with Gasteiger partial charge in [-0.15, -0.1) is 0 Å².